The van der Waals surface area contributed by atoms with Crippen LogP contribution in [0.2, 0.25) is 0 Å². The number of nitrogens with zero attached hydrogens (tertiary/aromatic N) is 3. The summed E-state index contributed by atoms with van der Waals surface area (Å²) in [6.07, 6.45) is 0. The van der Waals surface area contributed by atoms with Gasteiger partial charge >= 0.3 is 0 Å². The second-order valence-electron chi connectivity index (χ2n) is 6.35. The van der Waals surface area contributed by atoms with Crippen molar-refractivity contribution in [1.29, 1.82) is 5.26 Å². The highest BCUT2D eigenvalue weighted by molar-refractivity contribution is 8.01. The van der Waals surface area contributed by atoms with E-state index in [1.54, 1.807) is 12.1 Å². The summed E-state index contributed by atoms with van der Waals surface area (Å²) in [6, 6.07) is 8.38. The Hall–Kier alpha value is -2.63. The van der Waals surface area contributed by atoms with E-state index in [1.165, 1.54) is 35.2 Å². The molecule has 0 unspecified atom stereocenters. The molecule has 0 aliphatic rings. The number of benzene rings is 1. The molecule has 0 radical (unpaired) electrons. The average Bonchev–Trinajstić information content (AvgIpc) is 3.18. The molecular formula is C20H19FN4OS2. The summed E-state index contributed by atoms with van der Waals surface area (Å²) in [5, 5.41) is 14.4. The Morgan fingerprint density at radius 1 is 1.32 bits per heavy atom. The van der Waals surface area contributed by atoms with Crippen LogP contribution < -0.4 is 5.32 Å². The Balaban J connectivity index is 1.82. The van der Waals surface area contributed by atoms with Crippen molar-refractivity contribution < 1.29 is 9.18 Å². The molecule has 0 aliphatic carbocycles. The number of hydrogen-bond donors (Lipinski definition) is 1. The maximum absolute atomic E-state index is 13.2. The number of rotatable bonds is 6. The monoisotopic (exact) mass is 414 g/mol. The van der Waals surface area contributed by atoms with Gasteiger partial charge in [0.2, 0.25) is 5.91 Å². The predicted molar refractivity (Wildman–Crippen MR) is 110 cm³/mol. The van der Waals surface area contributed by atoms with Crippen molar-refractivity contribution in [2.75, 3.05) is 11.1 Å². The van der Waals surface area contributed by atoms with Gasteiger partial charge in [-0.15, -0.1) is 11.3 Å². The van der Waals surface area contributed by atoms with Crippen LogP contribution in [-0.2, 0) is 11.3 Å². The second kappa shape index (κ2) is 8.59. The Labute approximate surface area is 171 Å². The van der Waals surface area contributed by atoms with Gasteiger partial charge < -0.3 is 9.88 Å². The van der Waals surface area contributed by atoms with E-state index in [2.05, 4.69) is 16.4 Å². The number of carbonyl (C=O) groups excluding carboxylic acids is 1. The number of carbonyl (C=O) groups is 1. The van der Waals surface area contributed by atoms with Gasteiger partial charge in [-0.3, -0.25) is 4.79 Å². The van der Waals surface area contributed by atoms with E-state index in [0.29, 0.717) is 17.9 Å². The van der Waals surface area contributed by atoms with E-state index in [-0.39, 0.29) is 17.5 Å². The summed E-state index contributed by atoms with van der Waals surface area (Å²) in [7, 11) is 0. The summed E-state index contributed by atoms with van der Waals surface area (Å²) >= 11 is 2.87. The Kier molecular flexibility index (Phi) is 6.17. The first-order valence-electron chi connectivity index (χ1n) is 8.58. The zero-order chi connectivity index (χ0) is 20.3. The van der Waals surface area contributed by atoms with Crippen molar-refractivity contribution in [3.8, 4) is 6.07 Å². The standard InChI is InChI=1S/C20H19FN4OS2/c1-12-10-27-20(23-12)28-11-18(26)24-19-17(8-22)13(2)14(3)25(19)9-15-4-6-16(21)7-5-15/h4-7,10H,9,11H2,1-3H3,(H,24,26). The zero-order valence-corrected chi connectivity index (χ0v) is 17.4. The summed E-state index contributed by atoms with van der Waals surface area (Å²) in [5.74, 6) is 0.178. The lowest BCUT2D eigenvalue weighted by atomic mass is 10.2. The fourth-order valence-electron chi connectivity index (χ4n) is 2.79. The molecule has 28 heavy (non-hydrogen) atoms. The van der Waals surface area contributed by atoms with E-state index >= 15 is 0 Å². The van der Waals surface area contributed by atoms with Gasteiger partial charge in [0.25, 0.3) is 0 Å². The molecule has 2 heterocycles. The highest BCUT2D eigenvalue weighted by Gasteiger charge is 2.20. The number of nitriles is 1. The minimum atomic E-state index is -0.301. The molecule has 2 aromatic heterocycles. The summed E-state index contributed by atoms with van der Waals surface area (Å²) in [6.45, 7) is 6.11. The van der Waals surface area contributed by atoms with E-state index < -0.39 is 0 Å². The Morgan fingerprint density at radius 3 is 2.64 bits per heavy atom. The minimum Gasteiger partial charge on any atom is -0.326 e. The first-order chi connectivity index (χ1) is 13.4. The van der Waals surface area contributed by atoms with Gasteiger partial charge in [0, 0.05) is 23.3 Å². The lowest BCUT2D eigenvalue weighted by Crippen LogP contribution is -2.18. The number of thioether (sulfide) groups is 1. The summed E-state index contributed by atoms with van der Waals surface area (Å²) in [4.78, 5) is 16.8. The van der Waals surface area contributed by atoms with Gasteiger partial charge in [0.1, 0.15) is 17.7 Å². The largest absolute Gasteiger partial charge is 0.326 e. The molecule has 1 N–H and O–H groups in total. The average molecular weight is 415 g/mol. The lowest BCUT2D eigenvalue weighted by molar-refractivity contribution is -0.113. The van der Waals surface area contributed by atoms with E-state index in [4.69, 9.17) is 0 Å². The maximum atomic E-state index is 13.2. The third-order valence-corrected chi connectivity index (χ3v) is 6.52. The number of aryl methyl sites for hydroxylation is 1. The number of halogens is 1. The molecule has 0 spiro atoms. The second-order valence-corrected chi connectivity index (χ2v) is 8.43. The van der Waals surface area contributed by atoms with Crippen LogP contribution in [0.3, 0.4) is 0 Å². The molecule has 3 rings (SSSR count). The van der Waals surface area contributed by atoms with Crippen molar-refractivity contribution in [3.05, 3.63) is 63.5 Å². The predicted octanol–water partition coefficient (Wildman–Crippen LogP) is 4.66. The van der Waals surface area contributed by atoms with E-state index in [0.717, 1.165) is 26.9 Å². The zero-order valence-electron chi connectivity index (χ0n) is 15.7. The van der Waals surface area contributed by atoms with Crippen LogP contribution in [0.25, 0.3) is 0 Å². The van der Waals surface area contributed by atoms with Crippen LogP contribution in [0.5, 0.6) is 0 Å². The molecule has 0 fully saturated rings. The quantitative estimate of drug-likeness (QED) is 0.596. The number of hydrogen-bond acceptors (Lipinski definition) is 5. The van der Waals surface area contributed by atoms with Crippen LogP contribution in [-0.4, -0.2) is 21.2 Å². The molecule has 0 aliphatic heterocycles. The third kappa shape index (κ3) is 4.43. The number of thiazole rings is 1. The molecule has 0 atom stereocenters. The molecule has 144 valence electrons. The molecule has 0 saturated carbocycles. The molecular weight excluding hydrogens is 395 g/mol. The van der Waals surface area contributed by atoms with Gasteiger partial charge in [-0.05, 0) is 44.0 Å². The van der Waals surface area contributed by atoms with Crippen molar-refractivity contribution in [2.24, 2.45) is 0 Å². The molecule has 8 heteroatoms. The lowest BCUT2D eigenvalue weighted by Gasteiger charge is -2.13. The van der Waals surface area contributed by atoms with E-state index in [1.807, 2.05) is 30.7 Å². The van der Waals surface area contributed by atoms with Crippen LogP contribution in [0.1, 0.15) is 28.1 Å². The molecule has 5 nitrogen and oxygen atoms in total. The van der Waals surface area contributed by atoms with Crippen molar-refractivity contribution >= 4 is 34.8 Å². The van der Waals surface area contributed by atoms with Crippen LogP contribution in [0.15, 0.2) is 34.0 Å². The normalized spacial score (nSPS) is 10.7. The SMILES string of the molecule is Cc1csc(SCC(=O)Nc2c(C#N)c(C)c(C)n2Cc2ccc(F)cc2)n1. The van der Waals surface area contributed by atoms with Gasteiger partial charge in [-0.1, -0.05) is 23.9 Å². The van der Waals surface area contributed by atoms with Gasteiger partial charge in [0.05, 0.1) is 11.3 Å². The Morgan fingerprint density at radius 2 is 2.04 bits per heavy atom. The molecule has 1 amide bonds. The number of nitrogens with one attached hydrogen (secondary N) is 1. The van der Waals surface area contributed by atoms with Crippen LogP contribution in [0.4, 0.5) is 10.2 Å². The van der Waals surface area contributed by atoms with Crippen molar-refractivity contribution in [2.45, 2.75) is 31.7 Å². The molecule has 0 saturated heterocycles. The smallest absolute Gasteiger partial charge is 0.235 e. The fourth-order valence-corrected chi connectivity index (χ4v) is 4.44. The molecule has 0 bridgehead atoms. The number of anilines is 1. The van der Waals surface area contributed by atoms with E-state index in [9.17, 15) is 14.4 Å². The maximum Gasteiger partial charge on any atom is 0.235 e. The fraction of sp³-hybridized carbons (Fsp3) is 0.250. The van der Waals surface area contributed by atoms with Gasteiger partial charge in [-0.2, -0.15) is 5.26 Å². The first kappa shape index (κ1) is 20.1. The third-order valence-electron chi connectivity index (χ3n) is 4.38. The van der Waals surface area contributed by atoms with Crippen molar-refractivity contribution in [3.63, 3.8) is 0 Å². The highest BCUT2D eigenvalue weighted by Crippen LogP contribution is 2.28. The summed E-state index contributed by atoms with van der Waals surface area (Å²) in [5.41, 5.74) is 3.97. The van der Waals surface area contributed by atoms with Crippen molar-refractivity contribution in [1.82, 2.24) is 9.55 Å². The summed E-state index contributed by atoms with van der Waals surface area (Å²) < 4.78 is 15.9. The molecule has 1 aromatic carbocycles. The number of aromatic nitrogens is 2. The Bertz CT molecular complexity index is 1050. The van der Waals surface area contributed by atoms with Gasteiger partial charge in [-0.25, -0.2) is 9.37 Å². The number of amides is 1. The topological polar surface area (TPSA) is 70.7 Å². The first-order valence-corrected chi connectivity index (χ1v) is 10.4. The molecule has 3 aromatic rings. The van der Waals surface area contributed by atoms with Gasteiger partial charge in [0.15, 0.2) is 4.34 Å². The minimum absolute atomic E-state index is 0.202. The van der Waals surface area contributed by atoms with Crippen LogP contribution >= 0.6 is 23.1 Å². The van der Waals surface area contributed by atoms with Crippen LogP contribution in [0, 0.1) is 37.9 Å². The highest BCUT2D eigenvalue weighted by atomic mass is 32.2.